The Morgan fingerprint density at radius 1 is 1.17 bits per heavy atom. The first-order chi connectivity index (χ1) is 11.5. The van der Waals surface area contributed by atoms with Crippen molar-refractivity contribution in [1.82, 2.24) is 15.5 Å². The van der Waals surface area contributed by atoms with Gasteiger partial charge in [-0.3, -0.25) is 14.5 Å². The first kappa shape index (κ1) is 17.7. The molecule has 0 aliphatic rings. The summed E-state index contributed by atoms with van der Waals surface area (Å²) in [6, 6.07) is 10.9. The fourth-order valence-corrected chi connectivity index (χ4v) is 2.34. The monoisotopic (exact) mass is 329 g/mol. The maximum absolute atomic E-state index is 12.0. The number of nitrogens with one attached hydrogen (secondary N) is 2. The highest BCUT2D eigenvalue weighted by molar-refractivity contribution is 5.96. The van der Waals surface area contributed by atoms with Gasteiger partial charge in [0.05, 0.1) is 18.8 Å². The van der Waals surface area contributed by atoms with Crippen LogP contribution in [0, 0.1) is 6.92 Å². The zero-order valence-corrected chi connectivity index (χ0v) is 14.2. The molecular formula is C18H23N3O3. The minimum absolute atomic E-state index is 0.0589. The number of benzene rings is 1. The van der Waals surface area contributed by atoms with E-state index in [-0.39, 0.29) is 24.4 Å². The van der Waals surface area contributed by atoms with E-state index in [1.54, 1.807) is 18.4 Å². The summed E-state index contributed by atoms with van der Waals surface area (Å²) in [5, 5.41) is 5.44. The van der Waals surface area contributed by atoms with E-state index in [0.29, 0.717) is 12.1 Å². The number of furan rings is 1. The molecule has 6 heteroatoms. The summed E-state index contributed by atoms with van der Waals surface area (Å²) in [5.41, 5.74) is 1.55. The molecule has 1 aromatic carbocycles. The van der Waals surface area contributed by atoms with Crippen LogP contribution < -0.4 is 10.6 Å². The zero-order chi connectivity index (χ0) is 17.5. The Morgan fingerprint density at radius 2 is 1.96 bits per heavy atom. The molecule has 0 saturated heterocycles. The summed E-state index contributed by atoms with van der Waals surface area (Å²) in [5.74, 6) is 0.280. The molecule has 0 spiro atoms. The van der Waals surface area contributed by atoms with Crippen LogP contribution in [0.2, 0.25) is 0 Å². The third-order valence-corrected chi connectivity index (χ3v) is 3.68. The summed E-state index contributed by atoms with van der Waals surface area (Å²) < 4.78 is 5.39. The van der Waals surface area contributed by atoms with Gasteiger partial charge < -0.3 is 15.1 Å². The standard InChI is InChI=1S/C18H23N3O3/c1-13-6-4-7-14(10-13)18(23)20-12-17(22)19-11-15(21(2)3)16-8-5-9-24-16/h4-10,15H,11-12H2,1-3H3,(H,19,22)(H,20,23). The maximum atomic E-state index is 12.0. The van der Waals surface area contributed by atoms with Crippen molar-refractivity contribution >= 4 is 11.8 Å². The summed E-state index contributed by atoms with van der Waals surface area (Å²) in [6.45, 7) is 2.25. The Labute approximate surface area is 141 Å². The highest BCUT2D eigenvalue weighted by Gasteiger charge is 2.18. The average Bonchev–Trinajstić information content (AvgIpc) is 3.06. The highest BCUT2D eigenvalue weighted by Crippen LogP contribution is 2.17. The smallest absolute Gasteiger partial charge is 0.251 e. The van der Waals surface area contributed by atoms with Gasteiger partial charge in [-0.15, -0.1) is 0 Å². The van der Waals surface area contributed by atoms with Crippen LogP contribution in [0.1, 0.15) is 27.7 Å². The van der Waals surface area contributed by atoms with Crippen molar-refractivity contribution in [3.63, 3.8) is 0 Å². The number of nitrogens with zero attached hydrogens (tertiary/aromatic N) is 1. The van der Waals surface area contributed by atoms with Gasteiger partial charge in [0.15, 0.2) is 0 Å². The quantitative estimate of drug-likeness (QED) is 0.811. The second-order valence-corrected chi connectivity index (χ2v) is 5.85. The summed E-state index contributed by atoms with van der Waals surface area (Å²) in [6.07, 6.45) is 1.61. The van der Waals surface area contributed by atoms with E-state index in [1.165, 1.54) is 0 Å². The van der Waals surface area contributed by atoms with Gasteiger partial charge in [0.2, 0.25) is 5.91 Å². The Balaban J connectivity index is 1.81. The van der Waals surface area contributed by atoms with Crippen molar-refractivity contribution in [2.75, 3.05) is 27.2 Å². The van der Waals surface area contributed by atoms with Gasteiger partial charge in [0.1, 0.15) is 5.76 Å². The lowest BCUT2D eigenvalue weighted by Gasteiger charge is -2.22. The van der Waals surface area contributed by atoms with Gasteiger partial charge in [-0.05, 0) is 45.3 Å². The summed E-state index contributed by atoms with van der Waals surface area (Å²) in [7, 11) is 3.83. The largest absolute Gasteiger partial charge is 0.468 e. The minimum atomic E-state index is -0.260. The van der Waals surface area contributed by atoms with E-state index in [2.05, 4.69) is 10.6 Å². The molecule has 24 heavy (non-hydrogen) atoms. The number of likely N-dealkylation sites (N-methyl/N-ethyl adjacent to an activating group) is 1. The van der Waals surface area contributed by atoms with Gasteiger partial charge in [0.25, 0.3) is 5.91 Å². The first-order valence-electron chi connectivity index (χ1n) is 7.78. The average molecular weight is 329 g/mol. The first-order valence-corrected chi connectivity index (χ1v) is 7.78. The Morgan fingerprint density at radius 3 is 2.58 bits per heavy atom. The normalized spacial score (nSPS) is 12.0. The molecule has 6 nitrogen and oxygen atoms in total. The summed E-state index contributed by atoms with van der Waals surface area (Å²) >= 11 is 0. The van der Waals surface area contributed by atoms with Gasteiger partial charge in [-0.2, -0.15) is 0 Å². The molecule has 2 aromatic rings. The molecule has 2 rings (SSSR count). The lowest BCUT2D eigenvalue weighted by Crippen LogP contribution is -2.40. The number of hydrogen-bond donors (Lipinski definition) is 2. The van der Waals surface area contributed by atoms with Gasteiger partial charge in [0, 0.05) is 12.1 Å². The molecule has 2 amide bonds. The number of carbonyl (C=O) groups excluding carboxylic acids is 2. The molecule has 1 atom stereocenters. The lowest BCUT2D eigenvalue weighted by atomic mass is 10.1. The third-order valence-electron chi connectivity index (χ3n) is 3.68. The second kappa shape index (κ2) is 8.31. The van der Waals surface area contributed by atoms with Crippen LogP contribution in [-0.4, -0.2) is 43.9 Å². The van der Waals surface area contributed by atoms with E-state index in [1.807, 2.05) is 50.2 Å². The van der Waals surface area contributed by atoms with Crippen molar-refractivity contribution in [3.8, 4) is 0 Å². The molecule has 0 radical (unpaired) electrons. The van der Waals surface area contributed by atoms with Crippen LogP contribution in [-0.2, 0) is 4.79 Å². The Bertz CT molecular complexity index is 681. The fraction of sp³-hybridized carbons (Fsp3) is 0.333. The molecule has 1 unspecified atom stereocenters. The molecule has 0 fully saturated rings. The number of amides is 2. The Hall–Kier alpha value is -2.60. The topological polar surface area (TPSA) is 74.6 Å². The van der Waals surface area contributed by atoms with Crippen LogP contribution in [0.5, 0.6) is 0 Å². The number of aryl methyl sites for hydroxylation is 1. The zero-order valence-electron chi connectivity index (χ0n) is 14.2. The van der Waals surface area contributed by atoms with Crippen molar-refractivity contribution in [1.29, 1.82) is 0 Å². The van der Waals surface area contributed by atoms with E-state index >= 15 is 0 Å². The highest BCUT2D eigenvalue weighted by atomic mass is 16.3. The van der Waals surface area contributed by atoms with Gasteiger partial charge in [-0.1, -0.05) is 17.7 Å². The number of rotatable bonds is 7. The lowest BCUT2D eigenvalue weighted by molar-refractivity contribution is -0.120. The van der Waals surface area contributed by atoms with Crippen molar-refractivity contribution < 1.29 is 14.0 Å². The van der Waals surface area contributed by atoms with E-state index in [4.69, 9.17) is 4.42 Å². The number of carbonyl (C=O) groups is 2. The minimum Gasteiger partial charge on any atom is -0.468 e. The molecule has 1 aromatic heterocycles. The predicted molar refractivity (Wildman–Crippen MR) is 91.7 cm³/mol. The second-order valence-electron chi connectivity index (χ2n) is 5.85. The van der Waals surface area contributed by atoms with Crippen LogP contribution in [0.25, 0.3) is 0 Å². The predicted octanol–water partition coefficient (Wildman–Crippen LogP) is 1.74. The van der Waals surface area contributed by atoms with Crippen molar-refractivity contribution in [2.45, 2.75) is 13.0 Å². The van der Waals surface area contributed by atoms with Crippen LogP contribution >= 0.6 is 0 Å². The molecule has 1 heterocycles. The SMILES string of the molecule is Cc1cccc(C(=O)NCC(=O)NCC(c2ccco2)N(C)C)c1. The molecule has 0 bridgehead atoms. The molecule has 2 N–H and O–H groups in total. The maximum Gasteiger partial charge on any atom is 0.251 e. The molecule has 128 valence electrons. The Kier molecular flexibility index (Phi) is 6.14. The van der Waals surface area contributed by atoms with Crippen molar-refractivity contribution in [2.24, 2.45) is 0 Å². The fourth-order valence-electron chi connectivity index (χ4n) is 2.34. The van der Waals surface area contributed by atoms with Crippen LogP contribution in [0.4, 0.5) is 0 Å². The van der Waals surface area contributed by atoms with Crippen LogP contribution in [0.3, 0.4) is 0 Å². The third kappa shape index (κ3) is 4.96. The van der Waals surface area contributed by atoms with E-state index < -0.39 is 0 Å². The van der Waals surface area contributed by atoms with Crippen molar-refractivity contribution in [3.05, 3.63) is 59.5 Å². The molecule has 0 aliphatic carbocycles. The number of hydrogen-bond acceptors (Lipinski definition) is 4. The van der Waals surface area contributed by atoms with E-state index in [9.17, 15) is 9.59 Å². The molecular weight excluding hydrogens is 306 g/mol. The summed E-state index contributed by atoms with van der Waals surface area (Å²) in [4.78, 5) is 26.0. The molecule has 0 saturated carbocycles. The van der Waals surface area contributed by atoms with Gasteiger partial charge in [-0.25, -0.2) is 0 Å². The van der Waals surface area contributed by atoms with Gasteiger partial charge >= 0.3 is 0 Å². The van der Waals surface area contributed by atoms with Crippen LogP contribution in [0.15, 0.2) is 47.1 Å². The van der Waals surface area contributed by atoms with E-state index in [0.717, 1.165) is 11.3 Å². The molecule has 0 aliphatic heterocycles.